The predicted octanol–water partition coefficient (Wildman–Crippen LogP) is 2.54. The molecular formula is C12H23N3S. The highest BCUT2D eigenvalue weighted by Crippen LogP contribution is 2.24. The molecule has 16 heavy (non-hydrogen) atoms. The van der Waals surface area contributed by atoms with Crippen molar-refractivity contribution < 1.29 is 0 Å². The van der Waals surface area contributed by atoms with Crippen molar-refractivity contribution in [2.24, 2.45) is 11.3 Å². The predicted molar refractivity (Wildman–Crippen MR) is 71.7 cm³/mol. The number of anilines is 1. The van der Waals surface area contributed by atoms with E-state index >= 15 is 0 Å². The smallest absolute Gasteiger partial charge is 0.180 e. The monoisotopic (exact) mass is 241 g/mol. The molecule has 0 unspecified atom stereocenters. The van der Waals surface area contributed by atoms with Gasteiger partial charge in [-0.25, -0.2) is 4.98 Å². The van der Waals surface area contributed by atoms with E-state index in [2.05, 4.69) is 38.0 Å². The zero-order valence-electron chi connectivity index (χ0n) is 10.7. The zero-order chi connectivity index (χ0) is 12.2. The number of nitrogens with two attached hydrogens (primary N) is 1. The van der Waals surface area contributed by atoms with Crippen LogP contribution < -0.4 is 11.1 Å². The molecule has 0 radical (unpaired) electrons. The Balaban J connectivity index is 2.22. The van der Waals surface area contributed by atoms with Gasteiger partial charge >= 0.3 is 0 Å². The summed E-state index contributed by atoms with van der Waals surface area (Å²) in [5.41, 5.74) is 7.02. The molecule has 92 valence electrons. The maximum Gasteiger partial charge on any atom is 0.180 e. The van der Waals surface area contributed by atoms with Crippen molar-refractivity contribution in [3.05, 3.63) is 11.1 Å². The first-order valence-electron chi connectivity index (χ1n) is 5.82. The number of nitrogen functional groups attached to an aromatic ring is 1. The normalized spacial score (nSPS) is 12.3. The van der Waals surface area contributed by atoms with E-state index in [0.29, 0.717) is 16.5 Å². The molecule has 1 rings (SSSR count). The van der Waals surface area contributed by atoms with Crippen LogP contribution in [0, 0.1) is 11.3 Å². The highest BCUT2D eigenvalue weighted by molar-refractivity contribution is 7.13. The molecular weight excluding hydrogens is 218 g/mol. The fourth-order valence-electron chi connectivity index (χ4n) is 1.27. The van der Waals surface area contributed by atoms with Crippen LogP contribution in [-0.4, -0.2) is 18.1 Å². The Bertz CT molecular complexity index is 318. The summed E-state index contributed by atoms with van der Waals surface area (Å²) >= 11 is 1.51. The molecule has 0 saturated carbocycles. The van der Waals surface area contributed by atoms with Crippen molar-refractivity contribution in [2.75, 3.05) is 18.8 Å². The minimum Gasteiger partial charge on any atom is -0.375 e. The standard InChI is InChI=1S/C12H23N3S/c1-9(2)12(3,4)8-14-6-5-10-7-16-11(13)15-10/h7,9,14H,5-6,8H2,1-4H3,(H2,13,15). The second kappa shape index (κ2) is 5.64. The lowest BCUT2D eigenvalue weighted by Crippen LogP contribution is -2.34. The Labute approximate surface area is 102 Å². The molecule has 1 aromatic rings. The number of thiazole rings is 1. The second-order valence-corrected chi connectivity index (χ2v) is 6.14. The molecule has 0 aromatic carbocycles. The third kappa shape index (κ3) is 4.10. The number of nitrogens with zero attached hydrogens (tertiary/aromatic N) is 1. The largest absolute Gasteiger partial charge is 0.375 e. The van der Waals surface area contributed by atoms with Gasteiger partial charge in [0.15, 0.2) is 5.13 Å². The number of hydrogen-bond donors (Lipinski definition) is 2. The van der Waals surface area contributed by atoms with Gasteiger partial charge in [-0.15, -0.1) is 11.3 Å². The molecule has 0 saturated heterocycles. The minimum atomic E-state index is 0.348. The van der Waals surface area contributed by atoms with Crippen molar-refractivity contribution in [3.8, 4) is 0 Å². The topological polar surface area (TPSA) is 50.9 Å². The summed E-state index contributed by atoms with van der Waals surface area (Å²) in [6.07, 6.45) is 0.960. The first-order chi connectivity index (χ1) is 7.42. The van der Waals surface area contributed by atoms with Gasteiger partial charge in [-0.2, -0.15) is 0 Å². The molecule has 0 atom stereocenters. The van der Waals surface area contributed by atoms with Gasteiger partial charge in [-0.05, 0) is 11.3 Å². The van der Waals surface area contributed by atoms with Gasteiger partial charge in [0.1, 0.15) is 0 Å². The first-order valence-corrected chi connectivity index (χ1v) is 6.70. The fraction of sp³-hybridized carbons (Fsp3) is 0.750. The van der Waals surface area contributed by atoms with Gasteiger partial charge in [0.05, 0.1) is 5.69 Å². The Hall–Kier alpha value is -0.610. The molecule has 1 heterocycles. The first kappa shape index (κ1) is 13.5. The molecule has 0 fully saturated rings. The molecule has 4 heteroatoms. The Morgan fingerprint density at radius 3 is 2.69 bits per heavy atom. The third-order valence-electron chi connectivity index (χ3n) is 3.27. The highest BCUT2D eigenvalue weighted by Gasteiger charge is 2.21. The summed E-state index contributed by atoms with van der Waals surface area (Å²) < 4.78 is 0. The summed E-state index contributed by atoms with van der Waals surface area (Å²) in [6, 6.07) is 0. The average molecular weight is 241 g/mol. The molecule has 0 aliphatic rings. The minimum absolute atomic E-state index is 0.348. The van der Waals surface area contributed by atoms with E-state index in [1.54, 1.807) is 0 Å². The van der Waals surface area contributed by atoms with E-state index in [0.717, 1.165) is 25.2 Å². The quantitative estimate of drug-likeness (QED) is 0.753. The van der Waals surface area contributed by atoms with E-state index in [9.17, 15) is 0 Å². The van der Waals surface area contributed by atoms with E-state index in [4.69, 9.17) is 5.73 Å². The van der Waals surface area contributed by atoms with E-state index in [-0.39, 0.29) is 0 Å². The number of nitrogens with one attached hydrogen (secondary N) is 1. The fourth-order valence-corrected chi connectivity index (χ4v) is 1.87. The van der Waals surface area contributed by atoms with Crippen molar-refractivity contribution >= 4 is 16.5 Å². The Kier molecular flexibility index (Phi) is 4.74. The maximum absolute atomic E-state index is 5.58. The lowest BCUT2D eigenvalue weighted by molar-refractivity contribution is 0.239. The van der Waals surface area contributed by atoms with Crippen LogP contribution in [0.3, 0.4) is 0 Å². The molecule has 0 spiro atoms. The molecule has 0 aliphatic carbocycles. The van der Waals surface area contributed by atoms with Gasteiger partial charge in [0.25, 0.3) is 0 Å². The van der Waals surface area contributed by atoms with Gasteiger partial charge in [0.2, 0.25) is 0 Å². The van der Waals surface area contributed by atoms with Crippen LogP contribution in [0.2, 0.25) is 0 Å². The average Bonchev–Trinajstić information content (AvgIpc) is 2.59. The second-order valence-electron chi connectivity index (χ2n) is 5.25. The van der Waals surface area contributed by atoms with E-state index < -0.39 is 0 Å². The number of aromatic nitrogens is 1. The number of hydrogen-bond acceptors (Lipinski definition) is 4. The third-order valence-corrected chi connectivity index (χ3v) is 3.99. The Morgan fingerprint density at radius 2 is 2.19 bits per heavy atom. The van der Waals surface area contributed by atoms with Crippen LogP contribution in [0.15, 0.2) is 5.38 Å². The number of rotatable bonds is 6. The molecule has 0 bridgehead atoms. The maximum atomic E-state index is 5.58. The molecule has 0 aliphatic heterocycles. The van der Waals surface area contributed by atoms with Gasteiger partial charge in [-0.1, -0.05) is 27.7 Å². The summed E-state index contributed by atoms with van der Waals surface area (Å²) in [4.78, 5) is 4.24. The lowest BCUT2D eigenvalue weighted by atomic mass is 9.81. The van der Waals surface area contributed by atoms with Crippen LogP contribution in [-0.2, 0) is 6.42 Å². The van der Waals surface area contributed by atoms with Gasteiger partial charge in [0, 0.05) is 24.9 Å². The molecule has 0 amide bonds. The molecule has 3 N–H and O–H groups in total. The van der Waals surface area contributed by atoms with Crippen molar-refractivity contribution in [1.82, 2.24) is 10.3 Å². The van der Waals surface area contributed by atoms with Crippen molar-refractivity contribution in [2.45, 2.75) is 34.1 Å². The van der Waals surface area contributed by atoms with E-state index in [1.165, 1.54) is 11.3 Å². The van der Waals surface area contributed by atoms with Gasteiger partial charge in [-0.3, -0.25) is 0 Å². The van der Waals surface area contributed by atoms with E-state index in [1.807, 2.05) is 5.38 Å². The van der Waals surface area contributed by atoms with Crippen LogP contribution in [0.25, 0.3) is 0 Å². The summed E-state index contributed by atoms with van der Waals surface area (Å²) in [5.74, 6) is 0.690. The highest BCUT2D eigenvalue weighted by atomic mass is 32.1. The molecule has 1 aromatic heterocycles. The van der Waals surface area contributed by atoms with Crippen LogP contribution >= 0.6 is 11.3 Å². The Morgan fingerprint density at radius 1 is 1.50 bits per heavy atom. The lowest BCUT2D eigenvalue weighted by Gasteiger charge is -2.29. The van der Waals surface area contributed by atoms with Crippen LogP contribution in [0.4, 0.5) is 5.13 Å². The molecule has 3 nitrogen and oxygen atoms in total. The summed E-state index contributed by atoms with van der Waals surface area (Å²) in [6.45, 7) is 11.1. The van der Waals surface area contributed by atoms with Crippen LogP contribution in [0.5, 0.6) is 0 Å². The van der Waals surface area contributed by atoms with Crippen molar-refractivity contribution in [3.63, 3.8) is 0 Å². The summed E-state index contributed by atoms with van der Waals surface area (Å²) in [7, 11) is 0. The van der Waals surface area contributed by atoms with Crippen LogP contribution in [0.1, 0.15) is 33.4 Å². The van der Waals surface area contributed by atoms with Crippen molar-refractivity contribution in [1.29, 1.82) is 0 Å². The summed E-state index contributed by atoms with van der Waals surface area (Å²) in [5, 5.41) is 6.19. The SMILES string of the molecule is CC(C)C(C)(C)CNCCc1csc(N)n1. The van der Waals surface area contributed by atoms with Gasteiger partial charge < -0.3 is 11.1 Å². The zero-order valence-corrected chi connectivity index (χ0v) is 11.5.